The normalized spacial score (nSPS) is 14.9. The molecule has 0 bridgehead atoms. The molecule has 0 aromatic carbocycles. The van der Waals surface area contributed by atoms with Crippen molar-refractivity contribution < 1.29 is 0 Å². The van der Waals surface area contributed by atoms with Gasteiger partial charge in [-0.05, 0) is 16.6 Å². The van der Waals surface area contributed by atoms with E-state index in [-0.39, 0.29) is 0 Å². The van der Waals surface area contributed by atoms with Crippen molar-refractivity contribution in [2.75, 3.05) is 0 Å². The van der Waals surface area contributed by atoms with Gasteiger partial charge in [0.1, 0.15) is 0 Å². The molecule has 16 heavy (non-hydrogen) atoms. The van der Waals surface area contributed by atoms with E-state index in [9.17, 15) is 0 Å². The molecule has 1 aliphatic heterocycles. The highest BCUT2D eigenvalue weighted by molar-refractivity contribution is 7.22. The van der Waals surface area contributed by atoms with E-state index in [4.69, 9.17) is 11.1 Å². The van der Waals surface area contributed by atoms with E-state index in [1.165, 1.54) is 0 Å². The summed E-state index contributed by atoms with van der Waals surface area (Å²) in [6.07, 6.45) is 6.72. The molecule has 0 atom stereocenters. The zero-order valence-corrected chi connectivity index (χ0v) is 13.3. The quantitative estimate of drug-likeness (QED) is 0.477. The summed E-state index contributed by atoms with van der Waals surface area (Å²) in [5.74, 6) is 0. The summed E-state index contributed by atoms with van der Waals surface area (Å²) in [6, 6.07) is 0. The molecule has 0 radical (unpaired) electrons. The van der Waals surface area contributed by atoms with Crippen LogP contribution in [0.15, 0.2) is 17.3 Å². The largest absolute Gasteiger partial charge is 0.269 e. The Hall–Kier alpha value is -0.0831. The SMILES string of the molecule is C1=CN=CC1.CC(C)[Si](Cl)(C(C)C)C(C)C. The Morgan fingerprint density at radius 3 is 1.50 bits per heavy atom. The third-order valence-corrected chi connectivity index (χ3v) is 12.4. The van der Waals surface area contributed by atoms with E-state index in [1.54, 1.807) is 6.20 Å². The van der Waals surface area contributed by atoms with Gasteiger partial charge in [0.2, 0.25) is 0 Å². The smallest absolute Gasteiger partial charge is 0.164 e. The maximum atomic E-state index is 6.68. The van der Waals surface area contributed by atoms with E-state index < -0.39 is 7.38 Å². The van der Waals surface area contributed by atoms with E-state index in [0.717, 1.165) is 6.42 Å². The Balaban J connectivity index is 0.000000368. The number of rotatable bonds is 3. The minimum atomic E-state index is -1.51. The second-order valence-electron chi connectivity index (χ2n) is 5.24. The first kappa shape index (κ1) is 15.9. The predicted molar refractivity (Wildman–Crippen MR) is 79.2 cm³/mol. The first-order chi connectivity index (χ1) is 7.33. The fraction of sp³-hybridized carbons (Fsp3) is 0.769. The van der Waals surface area contributed by atoms with Crippen molar-refractivity contribution in [2.24, 2.45) is 4.99 Å². The van der Waals surface area contributed by atoms with E-state index in [0.29, 0.717) is 16.6 Å². The molecular formula is C13H26ClNSi. The molecule has 0 aliphatic carbocycles. The molecule has 1 rings (SSSR count). The monoisotopic (exact) mass is 259 g/mol. The lowest BCUT2D eigenvalue weighted by atomic mass is 10.5. The van der Waals surface area contributed by atoms with Crippen molar-refractivity contribution in [3.05, 3.63) is 12.3 Å². The maximum absolute atomic E-state index is 6.68. The summed E-state index contributed by atoms with van der Waals surface area (Å²) in [5.41, 5.74) is 2.05. The molecule has 0 aromatic heterocycles. The van der Waals surface area contributed by atoms with Crippen LogP contribution < -0.4 is 0 Å². The zero-order valence-electron chi connectivity index (χ0n) is 11.5. The van der Waals surface area contributed by atoms with Gasteiger partial charge in [0.25, 0.3) is 0 Å². The summed E-state index contributed by atoms with van der Waals surface area (Å²) in [6.45, 7) is 13.6. The maximum Gasteiger partial charge on any atom is 0.164 e. The third kappa shape index (κ3) is 4.42. The van der Waals surface area contributed by atoms with Gasteiger partial charge in [0.15, 0.2) is 7.38 Å². The minimum absolute atomic E-state index is 0.684. The van der Waals surface area contributed by atoms with Gasteiger partial charge in [-0.15, -0.1) is 0 Å². The third-order valence-electron chi connectivity index (χ3n) is 3.19. The van der Waals surface area contributed by atoms with Crippen LogP contribution in [0.5, 0.6) is 0 Å². The van der Waals surface area contributed by atoms with Crippen molar-refractivity contribution in [2.45, 2.75) is 64.6 Å². The van der Waals surface area contributed by atoms with Gasteiger partial charge in [0.05, 0.1) is 0 Å². The molecule has 3 heteroatoms. The second-order valence-corrected chi connectivity index (χ2v) is 12.3. The standard InChI is InChI=1S/C9H21ClSi.C4H5N/c1-7(2)11(10,8(3)4)9(5)6;1-2-4-5-3-1/h7-9H,1-6H3;1,3-4H,2H2. The van der Waals surface area contributed by atoms with Gasteiger partial charge in [-0.25, -0.2) is 0 Å². The summed E-state index contributed by atoms with van der Waals surface area (Å²) in [4.78, 5) is 3.78. The van der Waals surface area contributed by atoms with Crippen LogP contribution in [0, 0.1) is 0 Å². The van der Waals surface area contributed by atoms with Crippen LogP contribution in [0.1, 0.15) is 48.0 Å². The number of aliphatic imine (C=N–C) groups is 1. The average molecular weight is 260 g/mol. The Bertz CT molecular complexity index is 213. The van der Waals surface area contributed by atoms with Crippen molar-refractivity contribution in [3.8, 4) is 0 Å². The highest BCUT2D eigenvalue weighted by Crippen LogP contribution is 2.44. The molecule has 0 saturated carbocycles. The lowest BCUT2D eigenvalue weighted by molar-refractivity contribution is 0.849. The van der Waals surface area contributed by atoms with Gasteiger partial charge in [-0.2, -0.15) is 11.1 Å². The van der Waals surface area contributed by atoms with E-state index >= 15 is 0 Å². The van der Waals surface area contributed by atoms with E-state index in [1.807, 2.05) is 12.3 Å². The topological polar surface area (TPSA) is 12.4 Å². The highest BCUT2D eigenvalue weighted by atomic mass is 35.6. The number of allylic oxidation sites excluding steroid dienone is 1. The lowest BCUT2D eigenvalue weighted by Gasteiger charge is -2.36. The van der Waals surface area contributed by atoms with Gasteiger partial charge in [-0.3, -0.25) is 4.99 Å². The van der Waals surface area contributed by atoms with Crippen LogP contribution in [-0.2, 0) is 0 Å². The summed E-state index contributed by atoms with van der Waals surface area (Å²) in [5, 5.41) is 0. The first-order valence-electron chi connectivity index (χ1n) is 6.19. The zero-order chi connectivity index (χ0) is 12.8. The van der Waals surface area contributed by atoms with Gasteiger partial charge in [-0.1, -0.05) is 47.6 Å². The molecule has 0 unspecified atom stereocenters. The van der Waals surface area contributed by atoms with Crippen LogP contribution in [-0.4, -0.2) is 13.6 Å². The van der Waals surface area contributed by atoms with Crippen LogP contribution >= 0.6 is 11.1 Å². The molecular weight excluding hydrogens is 234 g/mol. The second kappa shape index (κ2) is 7.28. The molecule has 1 nitrogen and oxygen atoms in total. The number of nitrogens with zero attached hydrogens (tertiary/aromatic N) is 1. The van der Waals surface area contributed by atoms with Gasteiger partial charge >= 0.3 is 0 Å². The summed E-state index contributed by atoms with van der Waals surface area (Å²) in [7, 11) is -1.51. The summed E-state index contributed by atoms with van der Waals surface area (Å²) < 4.78 is 0. The van der Waals surface area contributed by atoms with Crippen molar-refractivity contribution in [1.29, 1.82) is 0 Å². The number of hydrogen-bond donors (Lipinski definition) is 0. The van der Waals surface area contributed by atoms with Crippen LogP contribution in [0.2, 0.25) is 16.6 Å². The van der Waals surface area contributed by atoms with Gasteiger partial charge < -0.3 is 0 Å². The Kier molecular flexibility index (Phi) is 7.25. The van der Waals surface area contributed by atoms with Crippen LogP contribution in [0.4, 0.5) is 0 Å². The Morgan fingerprint density at radius 2 is 1.44 bits per heavy atom. The first-order valence-corrected chi connectivity index (χ1v) is 9.43. The Labute approximate surface area is 107 Å². The molecule has 1 aliphatic rings. The molecule has 0 N–H and O–H groups in total. The molecule has 0 spiro atoms. The molecule has 0 fully saturated rings. The molecule has 1 heterocycles. The molecule has 0 amide bonds. The highest BCUT2D eigenvalue weighted by Gasteiger charge is 2.40. The van der Waals surface area contributed by atoms with Crippen molar-refractivity contribution in [3.63, 3.8) is 0 Å². The van der Waals surface area contributed by atoms with Gasteiger partial charge in [0, 0.05) is 18.8 Å². The van der Waals surface area contributed by atoms with Crippen molar-refractivity contribution in [1.82, 2.24) is 0 Å². The molecule has 0 aromatic rings. The Morgan fingerprint density at radius 1 is 1.00 bits per heavy atom. The van der Waals surface area contributed by atoms with Crippen LogP contribution in [0.25, 0.3) is 0 Å². The van der Waals surface area contributed by atoms with Crippen molar-refractivity contribution >= 4 is 24.7 Å². The molecule has 94 valence electrons. The van der Waals surface area contributed by atoms with Crippen LogP contribution in [0.3, 0.4) is 0 Å². The molecule has 0 saturated heterocycles. The number of halogens is 1. The fourth-order valence-corrected chi connectivity index (χ4v) is 6.30. The minimum Gasteiger partial charge on any atom is -0.269 e. The average Bonchev–Trinajstić information content (AvgIpc) is 2.73. The number of hydrogen-bond acceptors (Lipinski definition) is 1. The lowest BCUT2D eigenvalue weighted by Crippen LogP contribution is -2.37. The predicted octanol–water partition coefficient (Wildman–Crippen LogP) is 5.38. The fourth-order valence-electron chi connectivity index (χ4n) is 2.30. The van der Waals surface area contributed by atoms with E-state index in [2.05, 4.69) is 46.5 Å². The summed E-state index contributed by atoms with van der Waals surface area (Å²) >= 11 is 6.68.